The number of aromatic amines is 1. The molecule has 39 heavy (non-hydrogen) atoms. The minimum atomic E-state index is -0.652. The third-order valence-corrected chi connectivity index (χ3v) is 8.23. The quantitative estimate of drug-likeness (QED) is 0.370. The maximum atomic E-state index is 15.4. The summed E-state index contributed by atoms with van der Waals surface area (Å²) in [7, 11) is 0. The average molecular weight is 552 g/mol. The maximum absolute atomic E-state index is 15.4. The summed E-state index contributed by atoms with van der Waals surface area (Å²) in [6.45, 7) is 2.52. The van der Waals surface area contributed by atoms with Gasteiger partial charge in [0.25, 0.3) is 6.01 Å². The summed E-state index contributed by atoms with van der Waals surface area (Å²) < 4.78 is 32.7. The Balaban J connectivity index is 1.11. The number of hydrogen-bond donors (Lipinski definition) is 2. The first-order valence-corrected chi connectivity index (χ1v) is 13.6. The highest BCUT2D eigenvalue weighted by Gasteiger charge is 2.48. The number of nitrogens with zero attached hydrogens (tertiary/aromatic N) is 4. The summed E-state index contributed by atoms with van der Waals surface area (Å²) in [6, 6.07) is 5.67. The van der Waals surface area contributed by atoms with Crippen LogP contribution in [0.25, 0.3) is 22.3 Å². The van der Waals surface area contributed by atoms with Crippen molar-refractivity contribution < 1.29 is 23.7 Å². The molecule has 5 heterocycles. The number of aliphatic hydroxyl groups excluding tert-OH is 1. The summed E-state index contributed by atoms with van der Waals surface area (Å²) in [5.74, 6) is 0.498. The van der Waals surface area contributed by atoms with Gasteiger partial charge >= 0.3 is 0 Å². The Hall–Kier alpha value is -3.18. The van der Waals surface area contributed by atoms with Gasteiger partial charge in [-0.25, -0.2) is 19.3 Å². The molecule has 0 radical (unpaired) electrons. The number of imidazole rings is 1. The van der Waals surface area contributed by atoms with Crippen LogP contribution in [0.1, 0.15) is 41.9 Å². The molecule has 2 aliphatic heterocycles. The summed E-state index contributed by atoms with van der Waals surface area (Å²) in [5, 5.41) is 10.4. The number of H-pyrrole nitrogens is 1. The van der Waals surface area contributed by atoms with Gasteiger partial charge in [-0.2, -0.15) is 4.98 Å². The van der Waals surface area contributed by atoms with Gasteiger partial charge in [0, 0.05) is 24.4 Å². The molecule has 7 rings (SSSR count). The topological polar surface area (TPSA) is 115 Å². The van der Waals surface area contributed by atoms with Crippen LogP contribution in [0, 0.1) is 5.82 Å². The molecule has 9 nitrogen and oxygen atoms in total. The molecule has 202 valence electrons. The van der Waals surface area contributed by atoms with E-state index in [-0.39, 0.29) is 42.7 Å². The van der Waals surface area contributed by atoms with Crippen molar-refractivity contribution in [3.63, 3.8) is 0 Å². The van der Waals surface area contributed by atoms with Gasteiger partial charge in [-0.15, -0.1) is 0 Å². The highest BCUT2D eigenvalue weighted by molar-refractivity contribution is 6.31. The minimum absolute atomic E-state index is 0.0385. The van der Waals surface area contributed by atoms with Crippen molar-refractivity contribution in [1.29, 1.82) is 0 Å². The number of hydrogen-bond acceptors (Lipinski definition) is 8. The maximum Gasteiger partial charge on any atom is 0.296 e. The van der Waals surface area contributed by atoms with E-state index in [1.807, 2.05) is 13.0 Å². The predicted molar refractivity (Wildman–Crippen MR) is 140 cm³/mol. The van der Waals surface area contributed by atoms with Crippen molar-refractivity contribution in [2.24, 2.45) is 0 Å². The van der Waals surface area contributed by atoms with Crippen LogP contribution in [0.4, 0.5) is 4.39 Å². The monoisotopic (exact) mass is 551 g/mol. The Kier molecular flexibility index (Phi) is 6.23. The zero-order valence-corrected chi connectivity index (χ0v) is 22.0. The minimum Gasteiger partial charge on any atom is -0.456 e. The van der Waals surface area contributed by atoms with Gasteiger partial charge in [-0.1, -0.05) is 24.6 Å². The van der Waals surface area contributed by atoms with Crippen LogP contribution in [0.2, 0.25) is 5.02 Å². The molecule has 3 aliphatic rings. The number of aliphatic hydroxyl groups is 1. The molecule has 0 spiro atoms. The lowest BCUT2D eigenvalue weighted by Gasteiger charge is -2.15. The molecule has 0 saturated carbocycles. The number of aryl methyl sites for hydroxylation is 2. The number of ether oxygens (including phenoxy) is 3. The van der Waals surface area contributed by atoms with E-state index >= 15 is 4.39 Å². The van der Waals surface area contributed by atoms with Crippen LogP contribution in [0.3, 0.4) is 0 Å². The Morgan fingerprint density at radius 2 is 1.92 bits per heavy atom. The summed E-state index contributed by atoms with van der Waals surface area (Å²) in [4.78, 5) is 21.0. The van der Waals surface area contributed by atoms with Crippen molar-refractivity contribution in [2.45, 2.75) is 62.9 Å². The smallest absolute Gasteiger partial charge is 0.296 e. The van der Waals surface area contributed by atoms with E-state index in [1.165, 1.54) is 0 Å². The average Bonchev–Trinajstić information content (AvgIpc) is 3.71. The van der Waals surface area contributed by atoms with Crippen molar-refractivity contribution in [2.75, 3.05) is 13.2 Å². The molecule has 0 amide bonds. The number of benzene rings is 1. The fourth-order valence-corrected chi connectivity index (χ4v) is 6.15. The Morgan fingerprint density at radius 3 is 2.74 bits per heavy atom. The number of aromatic nitrogens is 5. The summed E-state index contributed by atoms with van der Waals surface area (Å²) in [6.07, 6.45) is 4.57. The van der Waals surface area contributed by atoms with Crippen LogP contribution in [-0.2, 0) is 28.7 Å². The van der Waals surface area contributed by atoms with Gasteiger partial charge in [0.15, 0.2) is 11.8 Å². The van der Waals surface area contributed by atoms with Crippen LogP contribution in [0.15, 0.2) is 30.6 Å². The van der Waals surface area contributed by atoms with Crippen molar-refractivity contribution in [3.8, 4) is 17.1 Å². The lowest BCUT2D eigenvalue weighted by atomic mass is 9.93. The SMILES string of the molecule is CCc1ncc(-c2cc(F)c3c(c2)CC[C@@H]3Cc2nc3nc(O[C@@H]4CO[C@H]5[C@@H]4OC[C@H]5O)[nH]c3cc2Cl)cn1. The van der Waals surface area contributed by atoms with Gasteiger partial charge in [0.1, 0.15) is 30.0 Å². The molecule has 1 aromatic carbocycles. The molecule has 4 aromatic rings. The van der Waals surface area contributed by atoms with Crippen molar-refractivity contribution >= 4 is 22.8 Å². The molecule has 3 aromatic heterocycles. The Bertz CT molecular complexity index is 1550. The van der Waals surface area contributed by atoms with E-state index in [2.05, 4.69) is 19.9 Å². The molecule has 2 N–H and O–H groups in total. The van der Waals surface area contributed by atoms with E-state index < -0.39 is 6.10 Å². The van der Waals surface area contributed by atoms with E-state index in [4.69, 9.17) is 30.8 Å². The largest absolute Gasteiger partial charge is 0.456 e. The van der Waals surface area contributed by atoms with Gasteiger partial charge in [0.05, 0.1) is 29.4 Å². The molecule has 5 atom stereocenters. The van der Waals surface area contributed by atoms with Crippen molar-refractivity contribution in [3.05, 3.63) is 64.1 Å². The third kappa shape index (κ3) is 4.45. The second kappa shape index (κ2) is 9.78. The van der Waals surface area contributed by atoms with E-state index in [0.717, 1.165) is 47.3 Å². The predicted octanol–water partition coefficient (Wildman–Crippen LogP) is 3.95. The molecular formula is C28H27ClFN5O4. The molecule has 0 unspecified atom stereocenters. The fourth-order valence-electron chi connectivity index (χ4n) is 5.92. The first-order chi connectivity index (χ1) is 19.0. The number of halogens is 2. The first kappa shape index (κ1) is 24.8. The van der Waals surface area contributed by atoms with Crippen LogP contribution in [-0.4, -0.2) is 67.7 Å². The standard InChI is InChI=1S/C28H27ClFN5O4/c1-2-23-31-9-16(10-32-23)15-5-13-3-4-14(24(13)18(30)6-15)7-19-17(29)8-20-27(33-19)35-28(34-20)39-22-12-38-25-21(36)11-37-26(22)25/h5-6,8-10,14,21-22,25-26,36H,2-4,7,11-12H2,1H3,(H,33,34,35)/t14-,21-,22-,25-,26-/m1/s1. The lowest BCUT2D eigenvalue weighted by Crippen LogP contribution is -2.34. The molecule has 1 aliphatic carbocycles. The van der Waals surface area contributed by atoms with E-state index in [1.54, 1.807) is 24.5 Å². The first-order valence-electron chi connectivity index (χ1n) is 13.2. The highest BCUT2D eigenvalue weighted by atomic mass is 35.5. The fraction of sp³-hybridized carbons (Fsp3) is 0.429. The lowest BCUT2D eigenvalue weighted by molar-refractivity contribution is 0.00706. The van der Waals surface area contributed by atoms with Crippen LogP contribution in [0.5, 0.6) is 6.01 Å². The Labute approximate surface area is 228 Å². The number of fused-ring (bicyclic) bond motifs is 3. The van der Waals surface area contributed by atoms with Gasteiger partial charge in [0.2, 0.25) is 0 Å². The number of rotatable bonds is 6. The van der Waals surface area contributed by atoms with Gasteiger partial charge in [-0.05, 0) is 54.0 Å². The zero-order chi connectivity index (χ0) is 26.7. The third-order valence-electron chi connectivity index (χ3n) is 7.90. The second-order valence-electron chi connectivity index (χ2n) is 10.4. The van der Waals surface area contributed by atoms with E-state index in [0.29, 0.717) is 34.9 Å². The second-order valence-corrected chi connectivity index (χ2v) is 10.8. The van der Waals surface area contributed by atoms with Gasteiger partial charge in [-0.3, -0.25) is 0 Å². The van der Waals surface area contributed by atoms with Crippen molar-refractivity contribution in [1.82, 2.24) is 24.9 Å². The molecular weight excluding hydrogens is 525 g/mol. The normalized spacial score (nSPS) is 25.8. The molecule has 11 heteroatoms. The molecule has 2 saturated heterocycles. The Morgan fingerprint density at radius 1 is 1.10 bits per heavy atom. The van der Waals surface area contributed by atoms with Gasteiger partial charge < -0.3 is 24.3 Å². The van der Waals surface area contributed by atoms with Crippen LogP contribution < -0.4 is 4.74 Å². The number of nitrogens with one attached hydrogen (secondary N) is 1. The summed E-state index contributed by atoms with van der Waals surface area (Å²) >= 11 is 6.62. The van der Waals surface area contributed by atoms with E-state index in [9.17, 15) is 5.11 Å². The highest BCUT2D eigenvalue weighted by Crippen LogP contribution is 2.40. The summed E-state index contributed by atoms with van der Waals surface area (Å²) in [5.41, 5.74) is 5.09. The molecule has 0 bridgehead atoms. The van der Waals surface area contributed by atoms with Crippen LogP contribution >= 0.6 is 11.6 Å². The zero-order valence-electron chi connectivity index (χ0n) is 21.2. The number of pyridine rings is 1. The molecule has 2 fully saturated rings.